The molecule has 0 aromatic rings. The Balaban J connectivity index is 0.00000385. The van der Waals surface area contributed by atoms with E-state index in [0.717, 1.165) is 62.8 Å². The number of rotatable bonds is 19. The van der Waals surface area contributed by atoms with Crippen molar-refractivity contribution in [1.82, 2.24) is 0 Å². The van der Waals surface area contributed by atoms with Gasteiger partial charge in [0.25, 0.3) is 0 Å². The van der Waals surface area contributed by atoms with Crippen LogP contribution in [-0.2, 0) is 19.7 Å². The molecule has 0 saturated heterocycles. The number of halogens is 2. The van der Waals surface area contributed by atoms with E-state index in [2.05, 4.69) is 95.4 Å². The number of nitro groups is 2. The zero-order valence-corrected chi connectivity index (χ0v) is 38.0. The summed E-state index contributed by atoms with van der Waals surface area (Å²) in [6.45, 7) is 23.1. The first kappa shape index (κ1) is 47.0. The molecule has 2 rings (SSSR count). The van der Waals surface area contributed by atoms with Gasteiger partial charge in [-0.1, -0.05) is 53.4 Å². The monoisotopic (exact) mass is 898 g/mol. The van der Waals surface area contributed by atoms with Crippen molar-refractivity contribution in [2.24, 2.45) is 33.7 Å². The van der Waals surface area contributed by atoms with Gasteiger partial charge in [0.05, 0.1) is 23.5 Å². The van der Waals surface area contributed by atoms with Gasteiger partial charge in [-0.2, -0.15) is 0 Å². The summed E-state index contributed by atoms with van der Waals surface area (Å²) in [5.41, 5.74) is 2.05. The molecular weight excluding hydrogens is 835 g/mol. The molecule has 0 radical (unpaired) electrons. The van der Waals surface area contributed by atoms with Crippen LogP contribution in [0.25, 0.3) is 0 Å². The van der Waals surface area contributed by atoms with E-state index in [1.165, 1.54) is 10.9 Å². The van der Waals surface area contributed by atoms with Gasteiger partial charge in [0.2, 0.25) is 12.1 Å². The molecule has 15 heteroatoms. The molecule has 0 aliphatic heterocycles. The third-order valence-corrected chi connectivity index (χ3v) is 12.2. The molecule has 0 heterocycles. The third kappa shape index (κ3) is 17.5. The second-order valence-corrected chi connectivity index (χ2v) is 29.8. The van der Waals surface area contributed by atoms with Crippen molar-refractivity contribution in [3.63, 3.8) is 0 Å². The van der Waals surface area contributed by atoms with Crippen molar-refractivity contribution in [3.8, 4) is 0 Å². The average Bonchev–Trinajstić information content (AvgIpc) is 3.02. The predicted molar refractivity (Wildman–Crippen MR) is 213 cm³/mol. The molecule has 2 aliphatic carbocycles. The van der Waals surface area contributed by atoms with Crippen LogP contribution in [0.4, 0.5) is 0 Å². The fourth-order valence-electron chi connectivity index (χ4n) is 7.48. The fourth-order valence-corrected chi connectivity index (χ4v) is 8.99. The van der Waals surface area contributed by atoms with Crippen LogP contribution in [0.3, 0.4) is 0 Å². The van der Waals surface area contributed by atoms with Crippen molar-refractivity contribution >= 4 is 56.5 Å². The summed E-state index contributed by atoms with van der Waals surface area (Å²) >= 11 is 6.00. The Kier molecular flexibility index (Phi) is 22.6. The molecule has 0 aromatic heterocycles. The summed E-state index contributed by atoms with van der Waals surface area (Å²) in [5.74, 6) is 0.615. The van der Waals surface area contributed by atoms with E-state index in [-0.39, 0.29) is 45.6 Å². The topological polar surface area (TPSA) is 129 Å². The zero-order valence-electron chi connectivity index (χ0n) is 31.8. The first-order valence-corrected chi connectivity index (χ1v) is 30.2. The Hall–Kier alpha value is -0.0527. The fraction of sp³-hybridized carbons (Fsp3) is 0.941. The van der Waals surface area contributed by atoms with Crippen molar-refractivity contribution in [3.05, 3.63) is 20.2 Å². The average molecular weight is 902 g/mol. The van der Waals surface area contributed by atoms with Crippen molar-refractivity contribution < 1.29 is 29.6 Å². The predicted octanol–water partition coefficient (Wildman–Crippen LogP) is 10.5. The van der Waals surface area contributed by atoms with Crippen LogP contribution in [0.5, 0.6) is 0 Å². The van der Waals surface area contributed by atoms with Gasteiger partial charge in [-0.25, -0.2) is 0 Å². The maximum atomic E-state index is 11.9. The second kappa shape index (κ2) is 23.6. The molecule has 2 fully saturated rings. The maximum absolute atomic E-state index is 11.9. The summed E-state index contributed by atoms with van der Waals surface area (Å²) in [5, 5.41) is 23.8. The number of hydrogen-bond donors (Lipinski definition) is 0. The molecule has 290 valence electrons. The molecule has 0 aromatic carbocycles. The molecule has 2 saturated carbocycles. The van der Waals surface area contributed by atoms with E-state index in [0.29, 0.717) is 38.9 Å². The van der Waals surface area contributed by atoms with E-state index in [9.17, 15) is 20.2 Å². The van der Waals surface area contributed by atoms with Crippen molar-refractivity contribution in [2.45, 2.75) is 168 Å². The molecule has 0 spiro atoms. The van der Waals surface area contributed by atoms with E-state index in [4.69, 9.17) is 18.8 Å². The number of nitrogens with zero attached hydrogens (tertiary/aromatic N) is 4. The Morgan fingerprint density at radius 1 is 0.653 bits per heavy atom. The van der Waals surface area contributed by atoms with Crippen molar-refractivity contribution in [1.29, 1.82) is 0 Å². The van der Waals surface area contributed by atoms with Gasteiger partial charge >= 0.3 is 39.3 Å². The van der Waals surface area contributed by atoms with Crippen LogP contribution >= 0.6 is 28.5 Å². The summed E-state index contributed by atoms with van der Waals surface area (Å²) < 4.78 is 12.5. The van der Waals surface area contributed by atoms with Gasteiger partial charge in [-0.05, 0) is 88.6 Å². The summed E-state index contributed by atoms with van der Waals surface area (Å²) in [6, 6.07) is -0.961. The third-order valence-electron chi connectivity index (χ3n) is 10.1. The Morgan fingerprint density at radius 3 is 1.12 bits per heavy atom. The molecule has 0 bridgehead atoms. The Morgan fingerprint density at radius 2 is 0.918 bits per heavy atom. The minimum atomic E-state index is -1.68. The van der Waals surface area contributed by atoms with Crippen LogP contribution in [0.15, 0.2) is 9.98 Å². The zero-order chi connectivity index (χ0) is 37.4. The first-order chi connectivity index (χ1) is 22.9. The summed E-state index contributed by atoms with van der Waals surface area (Å²) in [6.07, 6.45) is 8.88. The molecule has 2 aliphatic rings. The molecule has 0 N–H and O–H groups in total. The molecule has 49 heavy (non-hydrogen) atoms. The summed E-state index contributed by atoms with van der Waals surface area (Å²) in [7, 11) is -2.10. The van der Waals surface area contributed by atoms with Gasteiger partial charge in [0.1, 0.15) is 0 Å². The van der Waals surface area contributed by atoms with Crippen LogP contribution in [-0.4, -0.2) is 75.3 Å². The van der Waals surface area contributed by atoms with E-state index < -0.39 is 28.7 Å². The van der Waals surface area contributed by atoms with Gasteiger partial charge in [0, 0.05) is 48.7 Å². The summed E-state index contributed by atoms with van der Waals surface area (Å²) in [4.78, 5) is 34.8. The first-order valence-electron chi connectivity index (χ1n) is 18.5. The molecule has 0 amide bonds. The normalized spacial score (nSPS) is 28.6. The van der Waals surface area contributed by atoms with Crippen LogP contribution in [0.1, 0.15) is 105 Å². The van der Waals surface area contributed by atoms with E-state index in [1.54, 1.807) is 0 Å². The molecule has 4 atom stereocenters. The van der Waals surface area contributed by atoms with Gasteiger partial charge < -0.3 is 8.85 Å². The Labute approximate surface area is 319 Å². The quantitative estimate of drug-likeness (QED) is 0.0417. The van der Waals surface area contributed by atoms with Crippen LogP contribution < -0.4 is 0 Å². The molecule has 10 nitrogen and oxygen atoms in total. The van der Waals surface area contributed by atoms with Gasteiger partial charge in [0.15, 0.2) is 16.6 Å². The van der Waals surface area contributed by atoms with E-state index in [1.807, 2.05) is 0 Å². The van der Waals surface area contributed by atoms with Gasteiger partial charge in [-0.3, -0.25) is 30.2 Å². The number of aliphatic imine (C=N–C) groups is 2. The van der Waals surface area contributed by atoms with E-state index >= 15 is 0 Å². The van der Waals surface area contributed by atoms with Crippen molar-refractivity contribution in [2.75, 3.05) is 13.2 Å². The molecular formula is C34H66Br2N4NiO6Si2. The van der Waals surface area contributed by atoms with Crippen LogP contribution in [0, 0.1) is 43.9 Å². The number of hydrogen-bond acceptors (Lipinski definition) is 8. The SMILES string of the molecule is CCC1CC([N+](=O)[O-])CC(CC)C1N=C(CCCO[Si](C)(C)C)C(CCCO[Si](C)(C)C)=NC1C(CC)CC([N+](=O)[O-])CC1CC.[Br][Ni][Br]. The Bertz CT molecular complexity index is 955. The van der Waals surface area contributed by atoms with Gasteiger partial charge in [-0.15, -0.1) is 0 Å². The minimum absolute atomic E-state index is 0.0247. The standard InChI is InChI=1S/C34H66N4O6Si2.2BrH.Ni/c1-11-25-21-29(37(39)40)22-26(12-2)33(25)35-31(17-15-19-43-45(5,6)7)32(18-16-20-44-46(8,9)10)36-34-27(13-3)23-30(38(41)42)24-28(34)14-4;;;/h25-30,33-34H,11-24H2,1-10H3;2*1H;/q;;;+2/p-2. The second-order valence-electron chi connectivity index (χ2n) is 15.8. The van der Waals surface area contributed by atoms with Crippen LogP contribution in [0.2, 0.25) is 39.3 Å². The molecule has 4 unspecified atom stereocenters.